The minimum Gasteiger partial charge on any atom is -0.495 e. The van der Waals surface area contributed by atoms with Gasteiger partial charge in [-0.1, -0.05) is 0 Å². The zero-order valence-electron chi connectivity index (χ0n) is 9.86. The monoisotopic (exact) mass is 236 g/mol. The summed E-state index contributed by atoms with van der Waals surface area (Å²) in [5.74, 6) is 0.831. The predicted molar refractivity (Wildman–Crippen MR) is 68.4 cm³/mol. The second-order valence-electron chi connectivity index (χ2n) is 4.04. The summed E-state index contributed by atoms with van der Waals surface area (Å²) in [5, 5.41) is 3.42. The van der Waals surface area contributed by atoms with Gasteiger partial charge in [-0.2, -0.15) is 0 Å². The van der Waals surface area contributed by atoms with Crippen LogP contribution < -0.4 is 4.74 Å². The first-order chi connectivity index (χ1) is 7.70. The van der Waals surface area contributed by atoms with Crippen LogP contribution in [0, 0.1) is 0 Å². The molecule has 0 atom stereocenters. The molecule has 0 unspecified atom stereocenters. The number of likely N-dealkylation sites (N-methyl/N-ethyl adjacent to an activating group) is 1. The molecular formula is C12H16N2OS. The lowest BCUT2D eigenvalue weighted by atomic mass is 10.1. The number of rotatable bonds is 4. The zero-order chi connectivity index (χ0) is 11.5. The van der Waals surface area contributed by atoms with E-state index < -0.39 is 0 Å². The predicted octanol–water partition coefficient (Wildman–Crippen LogP) is 2.41. The first-order valence-electron chi connectivity index (χ1n) is 5.25. The van der Waals surface area contributed by atoms with Crippen LogP contribution in [0.5, 0.6) is 5.75 Å². The van der Waals surface area contributed by atoms with Crippen LogP contribution in [0.15, 0.2) is 17.6 Å². The van der Waals surface area contributed by atoms with Gasteiger partial charge in [-0.3, -0.25) is 0 Å². The van der Waals surface area contributed by atoms with Crippen molar-refractivity contribution in [3.8, 4) is 5.75 Å². The Hall–Kier alpha value is -1.13. The maximum atomic E-state index is 5.20. The molecular weight excluding hydrogens is 220 g/mol. The maximum Gasteiger partial charge on any atom is 0.137 e. The highest BCUT2D eigenvalue weighted by atomic mass is 32.1. The van der Waals surface area contributed by atoms with Crippen LogP contribution in [0.4, 0.5) is 0 Å². The highest BCUT2D eigenvalue weighted by Crippen LogP contribution is 2.27. The highest BCUT2D eigenvalue weighted by molar-refractivity contribution is 7.16. The third kappa shape index (κ3) is 2.33. The van der Waals surface area contributed by atoms with E-state index in [2.05, 4.69) is 35.4 Å². The molecule has 3 nitrogen and oxygen atoms in total. The smallest absolute Gasteiger partial charge is 0.137 e. The van der Waals surface area contributed by atoms with Gasteiger partial charge in [0.2, 0.25) is 0 Å². The van der Waals surface area contributed by atoms with Gasteiger partial charge in [0.1, 0.15) is 10.6 Å². The van der Waals surface area contributed by atoms with Gasteiger partial charge < -0.3 is 9.64 Å². The summed E-state index contributed by atoms with van der Waals surface area (Å²) in [5.41, 5.74) is 1.36. The van der Waals surface area contributed by atoms with Gasteiger partial charge in [-0.05, 0) is 37.5 Å². The first-order valence-corrected chi connectivity index (χ1v) is 6.13. The Bertz CT molecular complexity index is 479. The molecule has 0 aliphatic heterocycles. The lowest BCUT2D eigenvalue weighted by Gasteiger charge is -2.08. The molecule has 0 aliphatic rings. The number of thiophene rings is 1. The number of hydrogen-bond donors (Lipinski definition) is 0. The van der Waals surface area contributed by atoms with Crippen molar-refractivity contribution < 1.29 is 4.74 Å². The fourth-order valence-electron chi connectivity index (χ4n) is 1.60. The van der Waals surface area contributed by atoms with Crippen LogP contribution in [0.1, 0.15) is 5.56 Å². The Morgan fingerprint density at radius 1 is 1.44 bits per heavy atom. The second kappa shape index (κ2) is 4.80. The lowest BCUT2D eigenvalue weighted by Crippen LogP contribution is -2.14. The van der Waals surface area contributed by atoms with Crippen LogP contribution in [0.2, 0.25) is 0 Å². The van der Waals surface area contributed by atoms with E-state index in [0.717, 1.165) is 23.5 Å². The van der Waals surface area contributed by atoms with Crippen molar-refractivity contribution in [2.45, 2.75) is 6.42 Å². The third-order valence-corrected chi connectivity index (χ3v) is 3.50. The Kier molecular flexibility index (Phi) is 3.41. The van der Waals surface area contributed by atoms with Crippen molar-refractivity contribution in [1.29, 1.82) is 0 Å². The fraction of sp³-hybridized carbons (Fsp3) is 0.417. The molecule has 0 N–H and O–H groups in total. The standard InChI is InChI=1S/C12H16N2OS/c1-14(2)5-4-9-8-16-12-11(9)6-10(15-3)7-13-12/h6-8H,4-5H2,1-3H3. The number of pyridine rings is 1. The summed E-state index contributed by atoms with van der Waals surface area (Å²) in [6.45, 7) is 1.06. The normalized spacial score (nSPS) is 11.2. The second-order valence-corrected chi connectivity index (χ2v) is 4.90. The van der Waals surface area contributed by atoms with E-state index in [4.69, 9.17) is 4.74 Å². The van der Waals surface area contributed by atoms with E-state index in [1.807, 2.05) is 0 Å². The SMILES string of the molecule is COc1cnc2scc(CCN(C)C)c2c1. The molecule has 0 amide bonds. The van der Waals surface area contributed by atoms with Gasteiger partial charge in [-0.25, -0.2) is 4.98 Å². The number of ether oxygens (including phenoxy) is 1. The van der Waals surface area contributed by atoms with Crippen molar-refractivity contribution in [2.75, 3.05) is 27.7 Å². The fourth-order valence-corrected chi connectivity index (χ4v) is 2.53. The molecule has 0 aromatic carbocycles. The molecule has 2 aromatic rings. The maximum absolute atomic E-state index is 5.20. The molecule has 2 heterocycles. The van der Waals surface area contributed by atoms with E-state index in [1.54, 1.807) is 24.6 Å². The summed E-state index contributed by atoms with van der Waals surface area (Å²) in [4.78, 5) is 7.66. The van der Waals surface area contributed by atoms with Gasteiger partial charge in [-0.15, -0.1) is 11.3 Å². The van der Waals surface area contributed by atoms with Crippen molar-refractivity contribution in [3.63, 3.8) is 0 Å². The molecule has 0 spiro atoms. The molecule has 0 saturated heterocycles. The average molecular weight is 236 g/mol. The largest absolute Gasteiger partial charge is 0.495 e. The first kappa shape index (κ1) is 11.4. The molecule has 2 rings (SSSR count). The minimum absolute atomic E-state index is 0.831. The number of nitrogens with zero attached hydrogens (tertiary/aromatic N) is 2. The number of hydrogen-bond acceptors (Lipinski definition) is 4. The topological polar surface area (TPSA) is 25.4 Å². The van der Waals surface area contributed by atoms with Crippen molar-refractivity contribution in [1.82, 2.24) is 9.88 Å². The molecule has 0 bridgehead atoms. The molecule has 2 aromatic heterocycles. The van der Waals surface area contributed by atoms with Gasteiger partial charge in [0.15, 0.2) is 0 Å². The summed E-state index contributed by atoms with van der Waals surface area (Å²) in [6.07, 6.45) is 2.83. The van der Waals surface area contributed by atoms with Gasteiger partial charge in [0.25, 0.3) is 0 Å². The molecule has 4 heteroatoms. The van der Waals surface area contributed by atoms with Crippen molar-refractivity contribution in [2.24, 2.45) is 0 Å². The Morgan fingerprint density at radius 3 is 2.94 bits per heavy atom. The summed E-state index contributed by atoms with van der Waals surface area (Å²) >= 11 is 1.70. The van der Waals surface area contributed by atoms with Crippen LogP contribution in [-0.2, 0) is 6.42 Å². The van der Waals surface area contributed by atoms with E-state index in [-0.39, 0.29) is 0 Å². The third-order valence-electron chi connectivity index (χ3n) is 2.55. The van der Waals surface area contributed by atoms with E-state index in [0.29, 0.717) is 0 Å². The minimum atomic E-state index is 0.831. The van der Waals surface area contributed by atoms with E-state index >= 15 is 0 Å². The highest BCUT2D eigenvalue weighted by Gasteiger charge is 2.06. The number of aromatic nitrogens is 1. The Morgan fingerprint density at radius 2 is 2.25 bits per heavy atom. The molecule has 0 radical (unpaired) electrons. The van der Waals surface area contributed by atoms with Crippen LogP contribution in [0.3, 0.4) is 0 Å². The van der Waals surface area contributed by atoms with Crippen LogP contribution in [0.25, 0.3) is 10.2 Å². The van der Waals surface area contributed by atoms with Gasteiger partial charge in [0.05, 0.1) is 13.3 Å². The van der Waals surface area contributed by atoms with Gasteiger partial charge in [0, 0.05) is 11.9 Å². The molecule has 16 heavy (non-hydrogen) atoms. The molecule has 86 valence electrons. The van der Waals surface area contributed by atoms with Gasteiger partial charge >= 0.3 is 0 Å². The summed E-state index contributed by atoms with van der Waals surface area (Å²) < 4.78 is 5.20. The Labute approximate surface area is 99.7 Å². The lowest BCUT2D eigenvalue weighted by molar-refractivity contribution is 0.412. The zero-order valence-corrected chi connectivity index (χ0v) is 10.7. The average Bonchev–Trinajstić information content (AvgIpc) is 2.68. The Balaban J connectivity index is 2.30. The molecule has 0 saturated carbocycles. The van der Waals surface area contributed by atoms with Crippen LogP contribution >= 0.6 is 11.3 Å². The summed E-state index contributed by atoms with van der Waals surface area (Å²) in [7, 11) is 5.86. The summed E-state index contributed by atoms with van der Waals surface area (Å²) in [6, 6.07) is 2.07. The van der Waals surface area contributed by atoms with E-state index in [1.165, 1.54) is 10.9 Å². The van der Waals surface area contributed by atoms with E-state index in [9.17, 15) is 0 Å². The van der Waals surface area contributed by atoms with Crippen LogP contribution in [-0.4, -0.2) is 37.6 Å². The number of methoxy groups -OCH3 is 1. The number of fused-ring (bicyclic) bond motifs is 1. The van der Waals surface area contributed by atoms with Crippen molar-refractivity contribution in [3.05, 3.63) is 23.2 Å². The quantitative estimate of drug-likeness (QED) is 0.815. The van der Waals surface area contributed by atoms with Crippen molar-refractivity contribution >= 4 is 21.6 Å². The molecule has 0 aliphatic carbocycles. The molecule has 0 fully saturated rings.